The Bertz CT molecular complexity index is 1490. The summed E-state index contributed by atoms with van der Waals surface area (Å²) in [7, 11) is 1.49. The number of alkyl halides is 1. The van der Waals surface area contributed by atoms with Gasteiger partial charge in [0.1, 0.15) is 3.92 Å². The number of halogens is 1. The van der Waals surface area contributed by atoms with Crippen molar-refractivity contribution in [2.24, 2.45) is 50.2 Å². The van der Waals surface area contributed by atoms with Gasteiger partial charge in [-0.25, -0.2) is 0 Å². The molecular formula is C41H61IO9. The van der Waals surface area contributed by atoms with Crippen molar-refractivity contribution in [3.63, 3.8) is 0 Å². The Hall–Kier alpha value is -1.53. The SMILES string of the molecule is COC(=O)[C@@]1(C)CC[C@]2(C)CC[C@]3(C)C(=CC(=O)[C@@H]4[C@@]5(C)CC[C@H](O[C@@H]6O[C@@H](C)[C@H](OC(C)=O)[C@@H](OC(C)=O)[C@H]6I)C(C)(C)[C@@H]5CC[C@]43C)[C@@H]2C1. The van der Waals surface area contributed by atoms with Gasteiger partial charge in [-0.15, -0.1) is 0 Å². The fraction of sp³-hybridized carbons (Fsp3) is 0.854. The lowest BCUT2D eigenvalue weighted by Crippen LogP contribution is -2.67. The van der Waals surface area contributed by atoms with Gasteiger partial charge in [-0.3, -0.25) is 19.2 Å². The van der Waals surface area contributed by atoms with E-state index in [4.69, 9.17) is 23.7 Å². The molecule has 1 saturated heterocycles. The van der Waals surface area contributed by atoms with Crippen LogP contribution in [0.4, 0.5) is 0 Å². The molecule has 1 aliphatic heterocycles. The number of esters is 3. The molecule has 6 rings (SSSR count). The van der Waals surface area contributed by atoms with Crippen LogP contribution in [0.2, 0.25) is 0 Å². The van der Waals surface area contributed by atoms with Crippen LogP contribution < -0.4 is 0 Å². The number of carbonyl (C=O) groups excluding carboxylic acids is 4. The Kier molecular flexibility index (Phi) is 10.0. The maximum absolute atomic E-state index is 14.8. The lowest BCUT2D eigenvalue weighted by atomic mass is 9.33. The molecule has 286 valence electrons. The van der Waals surface area contributed by atoms with Gasteiger partial charge in [0.15, 0.2) is 24.3 Å². The molecule has 0 unspecified atom stereocenters. The average molecular weight is 825 g/mol. The van der Waals surface area contributed by atoms with Crippen molar-refractivity contribution in [1.82, 2.24) is 0 Å². The molecule has 51 heavy (non-hydrogen) atoms. The molecule has 0 bridgehead atoms. The summed E-state index contributed by atoms with van der Waals surface area (Å²) in [6, 6.07) is 0. The minimum atomic E-state index is -0.732. The van der Waals surface area contributed by atoms with E-state index >= 15 is 0 Å². The van der Waals surface area contributed by atoms with Crippen LogP contribution in [0.25, 0.3) is 0 Å². The predicted octanol–water partition coefficient (Wildman–Crippen LogP) is 7.94. The zero-order valence-corrected chi connectivity index (χ0v) is 34.8. The largest absolute Gasteiger partial charge is 0.469 e. The van der Waals surface area contributed by atoms with Crippen LogP contribution >= 0.6 is 22.6 Å². The second-order valence-corrected chi connectivity index (χ2v) is 20.5. The molecular weight excluding hydrogens is 763 g/mol. The molecule has 0 spiro atoms. The molecule has 0 aromatic carbocycles. The number of rotatable bonds is 5. The van der Waals surface area contributed by atoms with E-state index in [1.807, 2.05) is 6.92 Å². The number of ketones is 1. The van der Waals surface area contributed by atoms with Crippen molar-refractivity contribution in [2.45, 2.75) is 162 Å². The fourth-order valence-electron chi connectivity index (χ4n) is 12.7. The second-order valence-electron chi connectivity index (χ2n) is 19.0. The Morgan fingerprint density at radius 1 is 0.863 bits per heavy atom. The van der Waals surface area contributed by atoms with Gasteiger partial charge in [0.25, 0.3) is 0 Å². The van der Waals surface area contributed by atoms with Crippen molar-refractivity contribution in [1.29, 1.82) is 0 Å². The number of fused-ring (bicyclic) bond motifs is 7. The van der Waals surface area contributed by atoms with E-state index in [0.29, 0.717) is 0 Å². The minimum Gasteiger partial charge on any atom is -0.469 e. The van der Waals surface area contributed by atoms with Crippen LogP contribution in [0, 0.1) is 50.2 Å². The number of methoxy groups -OCH3 is 1. The minimum absolute atomic E-state index is 0.0722. The van der Waals surface area contributed by atoms with Crippen molar-refractivity contribution >= 4 is 46.3 Å². The van der Waals surface area contributed by atoms with Gasteiger partial charge in [0.2, 0.25) is 0 Å². The highest BCUT2D eigenvalue weighted by Gasteiger charge is 2.70. The molecule has 0 aromatic heterocycles. The van der Waals surface area contributed by atoms with E-state index in [1.165, 1.54) is 26.5 Å². The maximum atomic E-state index is 14.8. The number of carbonyl (C=O) groups is 4. The highest BCUT2D eigenvalue weighted by atomic mass is 127. The van der Waals surface area contributed by atoms with Crippen LogP contribution in [-0.2, 0) is 42.9 Å². The molecule has 14 atom stereocenters. The Balaban J connectivity index is 1.28. The first-order valence-electron chi connectivity index (χ1n) is 19.2. The Morgan fingerprint density at radius 3 is 2.12 bits per heavy atom. The monoisotopic (exact) mass is 824 g/mol. The number of hydrogen-bond acceptors (Lipinski definition) is 9. The predicted molar refractivity (Wildman–Crippen MR) is 200 cm³/mol. The molecule has 0 radical (unpaired) electrons. The Labute approximate surface area is 318 Å². The van der Waals surface area contributed by atoms with Gasteiger partial charge >= 0.3 is 17.9 Å². The first-order chi connectivity index (χ1) is 23.6. The zero-order valence-electron chi connectivity index (χ0n) is 32.7. The zero-order chi connectivity index (χ0) is 37.7. The summed E-state index contributed by atoms with van der Waals surface area (Å²) in [6.07, 6.45) is 7.54. The molecule has 1 heterocycles. The first-order valence-corrected chi connectivity index (χ1v) is 20.5. The van der Waals surface area contributed by atoms with Crippen molar-refractivity contribution in [3.8, 4) is 0 Å². The van der Waals surface area contributed by atoms with Gasteiger partial charge in [-0.2, -0.15) is 0 Å². The van der Waals surface area contributed by atoms with Gasteiger partial charge in [-0.05, 0) is 117 Å². The van der Waals surface area contributed by atoms with E-state index in [-0.39, 0.29) is 62.7 Å². The topological polar surface area (TPSA) is 114 Å². The molecule has 0 N–H and O–H groups in total. The van der Waals surface area contributed by atoms with Crippen molar-refractivity contribution in [3.05, 3.63) is 11.6 Å². The molecule has 5 aliphatic carbocycles. The lowest BCUT2D eigenvalue weighted by Gasteiger charge is -2.70. The summed E-state index contributed by atoms with van der Waals surface area (Å²) in [5.41, 5.74) is -0.0220. The summed E-state index contributed by atoms with van der Waals surface area (Å²) in [6.45, 7) is 20.8. The third-order valence-electron chi connectivity index (χ3n) is 15.8. The van der Waals surface area contributed by atoms with E-state index in [9.17, 15) is 19.2 Å². The van der Waals surface area contributed by atoms with Crippen LogP contribution in [0.1, 0.15) is 127 Å². The van der Waals surface area contributed by atoms with Gasteiger partial charge in [0.05, 0.1) is 24.7 Å². The molecule has 10 heteroatoms. The van der Waals surface area contributed by atoms with Crippen LogP contribution in [-0.4, -0.2) is 65.4 Å². The molecule has 5 fully saturated rings. The second kappa shape index (κ2) is 13.1. The molecule has 0 amide bonds. The summed E-state index contributed by atoms with van der Waals surface area (Å²) >= 11 is 2.21. The van der Waals surface area contributed by atoms with Crippen LogP contribution in [0.5, 0.6) is 0 Å². The van der Waals surface area contributed by atoms with Crippen molar-refractivity contribution in [2.75, 3.05) is 7.11 Å². The van der Waals surface area contributed by atoms with Crippen molar-refractivity contribution < 1.29 is 42.9 Å². The summed E-state index contributed by atoms with van der Waals surface area (Å²) in [4.78, 5) is 52.0. The third-order valence-corrected chi connectivity index (χ3v) is 17.1. The van der Waals surface area contributed by atoms with E-state index in [0.717, 1.165) is 57.8 Å². The number of allylic oxidation sites excluding steroid dienone is 2. The number of hydrogen-bond donors (Lipinski definition) is 0. The quantitative estimate of drug-likeness (QED) is 0.0897. The van der Waals surface area contributed by atoms with E-state index in [2.05, 4.69) is 77.1 Å². The summed E-state index contributed by atoms with van der Waals surface area (Å²) in [5, 5.41) is 0. The fourth-order valence-corrected chi connectivity index (χ4v) is 13.6. The van der Waals surface area contributed by atoms with E-state index < -0.39 is 45.9 Å². The molecule has 4 saturated carbocycles. The first kappa shape index (κ1) is 39.2. The molecule has 6 aliphatic rings. The molecule has 0 aromatic rings. The highest BCUT2D eigenvalue weighted by molar-refractivity contribution is 14.1. The van der Waals surface area contributed by atoms with Gasteiger partial charge in [-0.1, -0.05) is 69.7 Å². The normalized spacial score (nSPS) is 48.8. The van der Waals surface area contributed by atoms with Gasteiger partial charge < -0.3 is 23.7 Å². The standard InChI is InChI=1S/C41H61IO9/c1-22-31(49-23(2)43)32(50-24(3)44)30(42)34(48-22)51-29-13-14-39(8)28(36(29,4)5)12-15-41(10)33(39)27(45)20-25-26-21-38(7,35(46)47-11)17-16-37(26,6)18-19-40(25,41)9/h20,22,26,28-34H,12-19,21H2,1-11H3/t22-,26-,28-,29-,30+,31-,32-,33+,34-,37+,38-,39-,40+,41+/m0/s1. The van der Waals surface area contributed by atoms with E-state index in [1.54, 1.807) is 0 Å². The average Bonchev–Trinajstić information content (AvgIpc) is 3.03. The Morgan fingerprint density at radius 2 is 1.49 bits per heavy atom. The maximum Gasteiger partial charge on any atom is 0.311 e. The van der Waals surface area contributed by atoms with Crippen LogP contribution in [0.15, 0.2) is 11.6 Å². The number of ether oxygens (including phenoxy) is 5. The molecule has 9 nitrogen and oxygen atoms in total. The van der Waals surface area contributed by atoms with Gasteiger partial charge in [0, 0.05) is 19.8 Å². The van der Waals surface area contributed by atoms with Crippen LogP contribution in [0.3, 0.4) is 0 Å². The summed E-state index contributed by atoms with van der Waals surface area (Å²) in [5.74, 6) is -0.470. The lowest BCUT2D eigenvalue weighted by molar-refractivity contribution is -0.287. The highest BCUT2D eigenvalue weighted by Crippen LogP contribution is 2.75. The smallest absolute Gasteiger partial charge is 0.311 e. The third kappa shape index (κ3) is 5.96. The summed E-state index contributed by atoms with van der Waals surface area (Å²) < 4.78 is 29.5.